The SMILES string of the molecule is CCOCCCNC(=NCC(=O)NC(C)(C)C)NCC(=O)N(C)C. The summed E-state index contributed by atoms with van der Waals surface area (Å²) in [6.07, 6.45) is 0.810. The third-order valence-electron chi connectivity index (χ3n) is 2.76. The summed E-state index contributed by atoms with van der Waals surface area (Å²) in [5, 5.41) is 8.88. The molecule has 2 amide bonds. The molecule has 0 rings (SSSR count). The smallest absolute Gasteiger partial charge is 0.242 e. The minimum atomic E-state index is -0.300. The van der Waals surface area contributed by atoms with Gasteiger partial charge in [0.15, 0.2) is 5.96 Å². The summed E-state index contributed by atoms with van der Waals surface area (Å²) in [6.45, 7) is 9.77. The van der Waals surface area contributed by atoms with Gasteiger partial charge in [0.25, 0.3) is 0 Å². The number of hydrogen-bond donors (Lipinski definition) is 3. The van der Waals surface area contributed by atoms with E-state index in [-0.39, 0.29) is 30.4 Å². The molecule has 24 heavy (non-hydrogen) atoms. The second-order valence-corrected chi connectivity index (χ2v) is 6.58. The van der Waals surface area contributed by atoms with E-state index in [2.05, 4.69) is 20.9 Å². The molecule has 0 saturated carbocycles. The van der Waals surface area contributed by atoms with Gasteiger partial charge in [-0.05, 0) is 34.1 Å². The Morgan fingerprint density at radius 3 is 2.38 bits per heavy atom. The van der Waals surface area contributed by atoms with Crippen LogP contribution in [-0.4, -0.2) is 75.2 Å². The van der Waals surface area contributed by atoms with Gasteiger partial charge in [0, 0.05) is 39.4 Å². The summed E-state index contributed by atoms with van der Waals surface area (Å²) in [4.78, 5) is 29.2. The summed E-state index contributed by atoms with van der Waals surface area (Å²) >= 11 is 0. The highest BCUT2D eigenvalue weighted by Gasteiger charge is 2.13. The highest BCUT2D eigenvalue weighted by Crippen LogP contribution is 1.97. The van der Waals surface area contributed by atoms with Crippen molar-refractivity contribution in [3.05, 3.63) is 0 Å². The molecule has 0 aliphatic heterocycles. The van der Waals surface area contributed by atoms with E-state index in [1.165, 1.54) is 4.90 Å². The minimum Gasteiger partial charge on any atom is -0.382 e. The molecule has 0 aromatic carbocycles. The Labute approximate surface area is 145 Å². The third kappa shape index (κ3) is 12.7. The van der Waals surface area contributed by atoms with Crippen LogP contribution in [0.3, 0.4) is 0 Å². The van der Waals surface area contributed by atoms with Crippen LogP contribution in [0.15, 0.2) is 4.99 Å². The average Bonchev–Trinajstić information content (AvgIpc) is 2.46. The largest absolute Gasteiger partial charge is 0.382 e. The van der Waals surface area contributed by atoms with Gasteiger partial charge in [-0.25, -0.2) is 4.99 Å². The lowest BCUT2D eigenvalue weighted by molar-refractivity contribution is -0.127. The fourth-order valence-corrected chi connectivity index (χ4v) is 1.63. The number of amides is 2. The van der Waals surface area contributed by atoms with Crippen LogP contribution in [0.1, 0.15) is 34.1 Å². The van der Waals surface area contributed by atoms with Crippen LogP contribution in [0, 0.1) is 0 Å². The van der Waals surface area contributed by atoms with Crippen LogP contribution >= 0.6 is 0 Å². The third-order valence-corrected chi connectivity index (χ3v) is 2.76. The van der Waals surface area contributed by atoms with Crippen molar-refractivity contribution >= 4 is 17.8 Å². The molecule has 0 atom stereocenters. The Balaban J connectivity index is 4.50. The number of ether oxygens (including phenoxy) is 1. The van der Waals surface area contributed by atoms with Gasteiger partial charge in [0.2, 0.25) is 11.8 Å². The Bertz CT molecular complexity index is 416. The van der Waals surface area contributed by atoms with Crippen molar-refractivity contribution in [1.29, 1.82) is 0 Å². The molecule has 0 aromatic heterocycles. The maximum Gasteiger partial charge on any atom is 0.242 e. The number of carbonyl (C=O) groups is 2. The molecule has 0 saturated heterocycles. The number of guanidine groups is 1. The number of carbonyl (C=O) groups excluding carboxylic acids is 2. The van der Waals surface area contributed by atoms with Gasteiger partial charge in [-0.15, -0.1) is 0 Å². The number of nitrogens with zero attached hydrogens (tertiary/aromatic N) is 2. The van der Waals surface area contributed by atoms with Crippen molar-refractivity contribution in [2.24, 2.45) is 4.99 Å². The molecule has 0 heterocycles. The number of hydrogen-bond acceptors (Lipinski definition) is 4. The first-order chi connectivity index (χ1) is 11.2. The highest BCUT2D eigenvalue weighted by molar-refractivity contribution is 5.88. The van der Waals surface area contributed by atoms with Crippen molar-refractivity contribution in [3.63, 3.8) is 0 Å². The van der Waals surface area contributed by atoms with Crippen LogP contribution in [-0.2, 0) is 14.3 Å². The van der Waals surface area contributed by atoms with Gasteiger partial charge in [0.05, 0.1) is 6.54 Å². The van der Waals surface area contributed by atoms with Crippen LogP contribution in [0.25, 0.3) is 0 Å². The van der Waals surface area contributed by atoms with Crippen LogP contribution in [0.4, 0.5) is 0 Å². The first-order valence-electron chi connectivity index (χ1n) is 8.26. The first-order valence-corrected chi connectivity index (χ1v) is 8.26. The predicted octanol–water partition coefficient (Wildman–Crippen LogP) is -0.0489. The van der Waals surface area contributed by atoms with Gasteiger partial charge < -0.3 is 25.6 Å². The molecule has 0 aliphatic rings. The van der Waals surface area contributed by atoms with Crippen molar-refractivity contribution in [2.75, 3.05) is 46.9 Å². The first kappa shape index (κ1) is 22.2. The normalized spacial score (nSPS) is 11.8. The second kappa shape index (κ2) is 11.7. The number of likely N-dealkylation sites (N-methyl/N-ethyl adjacent to an activating group) is 1. The minimum absolute atomic E-state index is 0.00574. The lowest BCUT2D eigenvalue weighted by Gasteiger charge is -2.20. The Morgan fingerprint density at radius 1 is 1.17 bits per heavy atom. The van der Waals surface area contributed by atoms with Gasteiger partial charge in [-0.1, -0.05) is 0 Å². The van der Waals surface area contributed by atoms with Crippen molar-refractivity contribution in [1.82, 2.24) is 20.9 Å². The average molecular weight is 343 g/mol. The lowest BCUT2D eigenvalue weighted by Crippen LogP contribution is -2.45. The monoisotopic (exact) mass is 343 g/mol. The zero-order chi connectivity index (χ0) is 18.6. The molecule has 140 valence electrons. The van der Waals surface area contributed by atoms with Crippen molar-refractivity contribution < 1.29 is 14.3 Å². The zero-order valence-corrected chi connectivity index (χ0v) is 15.9. The molecule has 0 bridgehead atoms. The Kier molecular flexibility index (Phi) is 10.8. The van der Waals surface area contributed by atoms with Gasteiger partial charge in [0.1, 0.15) is 6.54 Å². The Hall–Kier alpha value is -1.83. The van der Waals surface area contributed by atoms with Crippen molar-refractivity contribution in [2.45, 2.75) is 39.7 Å². The molecule has 0 fully saturated rings. The fourth-order valence-electron chi connectivity index (χ4n) is 1.63. The predicted molar refractivity (Wildman–Crippen MR) is 96.0 cm³/mol. The maximum absolute atomic E-state index is 11.9. The summed E-state index contributed by atoms with van der Waals surface area (Å²) in [7, 11) is 3.38. The van der Waals surface area contributed by atoms with Crippen molar-refractivity contribution in [3.8, 4) is 0 Å². The molecule has 0 unspecified atom stereocenters. The van der Waals surface area contributed by atoms with E-state index in [1.807, 2.05) is 27.7 Å². The molecule has 0 radical (unpaired) electrons. The summed E-state index contributed by atoms with van der Waals surface area (Å²) in [6, 6.07) is 0. The molecule has 8 nitrogen and oxygen atoms in total. The standard InChI is InChI=1S/C16H33N5O3/c1-7-24-10-8-9-17-15(19-12-14(23)21(5)6)18-11-13(22)20-16(2,3)4/h7-12H2,1-6H3,(H,20,22)(H2,17,18,19). The van der Waals surface area contributed by atoms with Gasteiger partial charge >= 0.3 is 0 Å². The molecule has 0 aromatic rings. The van der Waals surface area contributed by atoms with E-state index < -0.39 is 0 Å². The summed E-state index contributed by atoms with van der Waals surface area (Å²) < 4.78 is 5.27. The Morgan fingerprint density at radius 2 is 1.83 bits per heavy atom. The number of aliphatic imine (C=N–C) groups is 1. The number of nitrogens with one attached hydrogen (secondary N) is 3. The van der Waals surface area contributed by atoms with E-state index >= 15 is 0 Å². The molecule has 0 spiro atoms. The summed E-state index contributed by atoms with van der Waals surface area (Å²) in [5.41, 5.74) is -0.300. The zero-order valence-electron chi connectivity index (χ0n) is 15.9. The van der Waals surface area contributed by atoms with E-state index in [0.29, 0.717) is 25.7 Å². The van der Waals surface area contributed by atoms with E-state index in [1.54, 1.807) is 14.1 Å². The maximum atomic E-state index is 11.9. The second-order valence-electron chi connectivity index (χ2n) is 6.58. The van der Waals surface area contributed by atoms with E-state index in [4.69, 9.17) is 4.74 Å². The van der Waals surface area contributed by atoms with Crippen LogP contribution in [0.5, 0.6) is 0 Å². The summed E-state index contributed by atoms with van der Waals surface area (Å²) in [5.74, 6) is 0.195. The van der Waals surface area contributed by atoms with Gasteiger partial charge in [-0.2, -0.15) is 0 Å². The highest BCUT2D eigenvalue weighted by atomic mass is 16.5. The molecular weight excluding hydrogens is 310 g/mol. The fraction of sp³-hybridized carbons (Fsp3) is 0.812. The topological polar surface area (TPSA) is 95.1 Å². The van der Waals surface area contributed by atoms with E-state index in [0.717, 1.165) is 6.42 Å². The lowest BCUT2D eigenvalue weighted by atomic mass is 10.1. The molecule has 0 aliphatic carbocycles. The van der Waals surface area contributed by atoms with Crippen LogP contribution < -0.4 is 16.0 Å². The molecule has 8 heteroatoms. The van der Waals surface area contributed by atoms with E-state index in [9.17, 15) is 9.59 Å². The molecule has 3 N–H and O–H groups in total. The molecular formula is C16H33N5O3. The van der Waals surface area contributed by atoms with Gasteiger partial charge in [-0.3, -0.25) is 9.59 Å². The van der Waals surface area contributed by atoms with Crippen LogP contribution in [0.2, 0.25) is 0 Å². The quantitative estimate of drug-likeness (QED) is 0.310. The number of rotatable bonds is 9.